The summed E-state index contributed by atoms with van der Waals surface area (Å²) in [6.07, 6.45) is 3.81. The third-order valence-electron chi connectivity index (χ3n) is 4.32. The van der Waals surface area contributed by atoms with E-state index >= 15 is 0 Å². The van der Waals surface area contributed by atoms with Crippen LogP contribution in [0.25, 0.3) is 0 Å². The first-order valence-electron chi connectivity index (χ1n) is 8.10. The first kappa shape index (κ1) is 18.2. The number of pyridine rings is 1. The van der Waals surface area contributed by atoms with Gasteiger partial charge in [-0.05, 0) is 37.8 Å². The van der Waals surface area contributed by atoms with Crippen molar-refractivity contribution < 1.29 is 4.39 Å². The summed E-state index contributed by atoms with van der Waals surface area (Å²) in [6.45, 7) is 6.58. The van der Waals surface area contributed by atoms with Gasteiger partial charge in [0.2, 0.25) is 0 Å². The molecule has 0 amide bonds. The molecule has 0 aromatic carbocycles. The van der Waals surface area contributed by atoms with Crippen LogP contribution in [0, 0.1) is 11.7 Å². The summed E-state index contributed by atoms with van der Waals surface area (Å²) in [7, 11) is 0. The molecule has 1 saturated carbocycles. The standard InChI is InChI=1S/C16H24FN5.HI/c1-3-18-16(21-14-9-11(14)2)20-12-6-8-22(10-12)15-13(17)5-4-7-19-15;/h4-5,7,11-12,14H,3,6,8-10H2,1-2H3,(H2,18,20,21);1H. The predicted octanol–water partition coefficient (Wildman–Crippen LogP) is 2.38. The zero-order valence-electron chi connectivity index (χ0n) is 13.6. The Morgan fingerprint density at radius 1 is 1.48 bits per heavy atom. The predicted molar refractivity (Wildman–Crippen MR) is 102 cm³/mol. The van der Waals surface area contributed by atoms with Crippen LogP contribution in [0.1, 0.15) is 26.7 Å². The zero-order valence-corrected chi connectivity index (χ0v) is 16.0. The Morgan fingerprint density at radius 3 is 2.91 bits per heavy atom. The fraction of sp³-hybridized carbons (Fsp3) is 0.625. The van der Waals surface area contributed by atoms with Crippen molar-refractivity contribution in [2.24, 2.45) is 10.9 Å². The fourth-order valence-electron chi connectivity index (χ4n) is 2.86. The second-order valence-corrected chi connectivity index (χ2v) is 6.17. The smallest absolute Gasteiger partial charge is 0.191 e. The number of halogens is 2. The van der Waals surface area contributed by atoms with Crippen LogP contribution in [0.3, 0.4) is 0 Å². The lowest BCUT2D eigenvalue weighted by molar-refractivity contribution is 0.612. The minimum absolute atomic E-state index is 0. The van der Waals surface area contributed by atoms with Gasteiger partial charge in [-0.3, -0.25) is 4.99 Å². The molecule has 23 heavy (non-hydrogen) atoms. The second-order valence-electron chi connectivity index (χ2n) is 6.17. The molecule has 0 spiro atoms. The molecular weight excluding hydrogens is 408 g/mol. The zero-order chi connectivity index (χ0) is 15.5. The van der Waals surface area contributed by atoms with E-state index in [1.54, 1.807) is 12.3 Å². The van der Waals surface area contributed by atoms with E-state index < -0.39 is 0 Å². The van der Waals surface area contributed by atoms with Crippen LogP contribution in [0.4, 0.5) is 10.2 Å². The van der Waals surface area contributed by atoms with Crippen molar-refractivity contribution in [3.05, 3.63) is 24.1 Å². The molecule has 0 radical (unpaired) electrons. The highest BCUT2D eigenvalue weighted by Crippen LogP contribution is 2.29. The van der Waals surface area contributed by atoms with Crippen LogP contribution in [-0.2, 0) is 0 Å². The van der Waals surface area contributed by atoms with E-state index in [2.05, 4.69) is 27.5 Å². The molecule has 0 bridgehead atoms. The second kappa shape index (κ2) is 8.12. The van der Waals surface area contributed by atoms with Crippen molar-refractivity contribution in [3.8, 4) is 0 Å². The van der Waals surface area contributed by atoms with Crippen molar-refractivity contribution in [1.82, 2.24) is 15.6 Å². The van der Waals surface area contributed by atoms with Gasteiger partial charge in [0.05, 0.1) is 0 Å². The van der Waals surface area contributed by atoms with Crippen LogP contribution in [0.5, 0.6) is 0 Å². The largest absolute Gasteiger partial charge is 0.353 e. The number of hydrogen-bond donors (Lipinski definition) is 2. The molecule has 2 aliphatic rings. The summed E-state index contributed by atoms with van der Waals surface area (Å²) in [5.41, 5.74) is 0. The number of guanidine groups is 1. The number of anilines is 1. The highest BCUT2D eigenvalue weighted by molar-refractivity contribution is 14.0. The topological polar surface area (TPSA) is 52.6 Å². The molecular formula is C16H25FIN5. The van der Waals surface area contributed by atoms with Crippen LogP contribution in [-0.4, -0.2) is 42.7 Å². The highest BCUT2D eigenvalue weighted by Gasteiger charge is 2.34. The van der Waals surface area contributed by atoms with Gasteiger partial charge in [-0.1, -0.05) is 6.92 Å². The van der Waals surface area contributed by atoms with Crippen LogP contribution < -0.4 is 15.5 Å². The van der Waals surface area contributed by atoms with Gasteiger partial charge in [0.1, 0.15) is 0 Å². The van der Waals surface area contributed by atoms with Gasteiger partial charge in [0, 0.05) is 37.9 Å². The van der Waals surface area contributed by atoms with Gasteiger partial charge < -0.3 is 15.5 Å². The third kappa shape index (κ3) is 4.68. The first-order valence-corrected chi connectivity index (χ1v) is 8.10. The molecule has 1 aliphatic carbocycles. The van der Waals surface area contributed by atoms with Crippen LogP contribution in [0.15, 0.2) is 23.3 Å². The molecule has 7 heteroatoms. The number of nitrogens with zero attached hydrogens (tertiary/aromatic N) is 3. The van der Waals surface area contributed by atoms with E-state index in [0.29, 0.717) is 11.9 Å². The van der Waals surface area contributed by atoms with Crippen molar-refractivity contribution in [3.63, 3.8) is 0 Å². The molecule has 3 rings (SSSR count). The Balaban J connectivity index is 0.00000192. The molecule has 1 saturated heterocycles. The van der Waals surface area contributed by atoms with Crippen LogP contribution in [0.2, 0.25) is 0 Å². The van der Waals surface area contributed by atoms with Crippen molar-refractivity contribution in [1.29, 1.82) is 0 Å². The first-order chi connectivity index (χ1) is 10.7. The van der Waals surface area contributed by atoms with E-state index in [4.69, 9.17) is 0 Å². The van der Waals surface area contributed by atoms with Gasteiger partial charge in [-0.2, -0.15) is 0 Å². The van der Waals surface area contributed by atoms with E-state index in [1.807, 2.05) is 11.8 Å². The lowest BCUT2D eigenvalue weighted by Crippen LogP contribution is -2.45. The van der Waals surface area contributed by atoms with Crippen molar-refractivity contribution >= 4 is 35.8 Å². The Labute approximate surface area is 154 Å². The molecule has 1 aromatic rings. The summed E-state index contributed by atoms with van der Waals surface area (Å²) in [5.74, 6) is 1.80. The number of rotatable bonds is 4. The molecule has 128 valence electrons. The summed E-state index contributed by atoms with van der Waals surface area (Å²) in [6, 6.07) is 3.90. The molecule has 2 heterocycles. The monoisotopic (exact) mass is 433 g/mol. The summed E-state index contributed by atoms with van der Waals surface area (Å²) in [5, 5.41) is 6.94. The minimum Gasteiger partial charge on any atom is -0.353 e. The molecule has 3 atom stereocenters. The Bertz CT molecular complexity index is 553. The maximum atomic E-state index is 13.8. The molecule has 2 N–H and O–H groups in total. The van der Waals surface area contributed by atoms with Crippen molar-refractivity contribution in [2.75, 3.05) is 24.5 Å². The molecule has 1 aliphatic heterocycles. The fourth-order valence-corrected chi connectivity index (χ4v) is 2.86. The van der Waals surface area contributed by atoms with Gasteiger partial charge in [-0.25, -0.2) is 9.37 Å². The maximum Gasteiger partial charge on any atom is 0.191 e. The average Bonchev–Trinajstić information content (AvgIpc) is 2.99. The van der Waals surface area contributed by atoms with E-state index in [-0.39, 0.29) is 35.8 Å². The molecule has 1 aromatic heterocycles. The Morgan fingerprint density at radius 2 is 2.26 bits per heavy atom. The summed E-state index contributed by atoms with van der Waals surface area (Å²) in [4.78, 5) is 10.7. The van der Waals surface area contributed by atoms with Gasteiger partial charge in [0.15, 0.2) is 17.6 Å². The summed E-state index contributed by atoms with van der Waals surface area (Å²) < 4.78 is 13.8. The lowest BCUT2D eigenvalue weighted by atomic mass is 10.3. The number of nitrogens with one attached hydrogen (secondary N) is 2. The van der Waals surface area contributed by atoms with Gasteiger partial charge in [-0.15, -0.1) is 24.0 Å². The maximum absolute atomic E-state index is 13.8. The molecule has 3 unspecified atom stereocenters. The van der Waals surface area contributed by atoms with E-state index in [9.17, 15) is 4.39 Å². The Hall–Kier alpha value is -1.12. The number of aliphatic imine (C=N–C) groups is 1. The van der Waals surface area contributed by atoms with Crippen LogP contribution >= 0.6 is 24.0 Å². The molecule has 5 nitrogen and oxygen atoms in total. The number of aromatic nitrogens is 1. The average molecular weight is 433 g/mol. The van der Waals surface area contributed by atoms with E-state index in [0.717, 1.165) is 37.9 Å². The SMILES string of the molecule is CCN=C(NC1CCN(c2ncccc2F)C1)NC1CC1C.I. The minimum atomic E-state index is -0.254. The van der Waals surface area contributed by atoms with Gasteiger partial charge in [0.25, 0.3) is 0 Å². The highest BCUT2D eigenvalue weighted by atomic mass is 127. The lowest BCUT2D eigenvalue weighted by Gasteiger charge is -2.20. The van der Waals surface area contributed by atoms with E-state index in [1.165, 1.54) is 12.5 Å². The third-order valence-corrected chi connectivity index (χ3v) is 4.32. The normalized spacial score (nSPS) is 26.7. The number of hydrogen-bond acceptors (Lipinski definition) is 3. The van der Waals surface area contributed by atoms with Gasteiger partial charge >= 0.3 is 0 Å². The summed E-state index contributed by atoms with van der Waals surface area (Å²) >= 11 is 0. The Kier molecular flexibility index (Phi) is 6.43. The quantitative estimate of drug-likeness (QED) is 0.435. The molecule has 2 fully saturated rings. The van der Waals surface area contributed by atoms with Crippen molar-refractivity contribution in [2.45, 2.75) is 38.8 Å².